The molecule has 1 aliphatic rings. The van der Waals surface area contributed by atoms with E-state index in [1.54, 1.807) is 0 Å². The molecule has 1 heterocycles. The van der Waals surface area contributed by atoms with Gasteiger partial charge in [-0.05, 0) is 19.8 Å². The number of nitrogens with one attached hydrogen (secondary N) is 1. The van der Waals surface area contributed by atoms with Gasteiger partial charge in [0.05, 0.1) is 5.69 Å². The predicted octanol–water partition coefficient (Wildman–Crippen LogP) is 1.44. The molecule has 1 fully saturated rings. The largest absolute Gasteiger partial charge is 0.346 e. The van der Waals surface area contributed by atoms with Crippen LogP contribution in [0.5, 0.6) is 0 Å². The molecular formula is C9H15N3. The number of nitrogens with zero attached hydrogens (tertiary/aromatic N) is 1. The molecule has 1 aromatic heterocycles. The highest BCUT2D eigenvalue weighted by molar-refractivity contribution is 5.16. The van der Waals surface area contributed by atoms with Crippen molar-refractivity contribution in [3.8, 4) is 0 Å². The van der Waals surface area contributed by atoms with Crippen LogP contribution >= 0.6 is 0 Å². The second kappa shape index (κ2) is 2.90. The minimum Gasteiger partial charge on any atom is -0.346 e. The summed E-state index contributed by atoms with van der Waals surface area (Å²) in [4.78, 5) is 7.78. The summed E-state index contributed by atoms with van der Waals surface area (Å²) in [7, 11) is 0. The van der Waals surface area contributed by atoms with Gasteiger partial charge in [-0.15, -0.1) is 0 Å². The van der Waals surface area contributed by atoms with E-state index in [1.165, 1.54) is 19.3 Å². The van der Waals surface area contributed by atoms with Gasteiger partial charge >= 0.3 is 0 Å². The third-order valence-electron chi connectivity index (χ3n) is 2.69. The van der Waals surface area contributed by atoms with Gasteiger partial charge in [-0.2, -0.15) is 0 Å². The highest BCUT2D eigenvalue weighted by Gasteiger charge is 2.22. The fourth-order valence-corrected chi connectivity index (χ4v) is 1.60. The average Bonchev–Trinajstić information content (AvgIpc) is 2.27. The first-order valence-corrected chi connectivity index (χ1v) is 4.56. The normalized spacial score (nSPS) is 17.8. The van der Waals surface area contributed by atoms with Crippen LogP contribution in [0.3, 0.4) is 0 Å². The molecular weight excluding hydrogens is 150 g/mol. The lowest BCUT2D eigenvalue weighted by Crippen LogP contribution is -2.10. The Bertz CT molecular complexity index is 273. The Balaban J connectivity index is 2.21. The Kier molecular flexibility index (Phi) is 1.89. The van der Waals surface area contributed by atoms with Gasteiger partial charge in [0.15, 0.2) is 0 Å². The van der Waals surface area contributed by atoms with E-state index in [9.17, 15) is 0 Å². The zero-order valence-electron chi connectivity index (χ0n) is 7.43. The van der Waals surface area contributed by atoms with E-state index in [0.29, 0.717) is 12.5 Å². The first kappa shape index (κ1) is 7.80. The smallest absolute Gasteiger partial charge is 0.109 e. The van der Waals surface area contributed by atoms with Gasteiger partial charge in [0, 0.05) is 18.2 Å². The molecule has 0 bridgehead atoms. The van der Waals surface area contributed by atoms with Crippen LogP contribution in [0.1, 0.15) is 42.4 Å². The maximum atomic E-state index is 5.54. The summed E-state index contributed by atoms with van der Waals surface area (Å²) in [6.07, 6.45) is 3.93. The van der Waals surface area contributed by atoms with Crippen LogP contribution in [0.25, 0.3) is 0 Å². The van der Waals surface area contributed by atoms with Crippen molar-refractivity contribution in [2.24, 2.45) is 5.73 Å². The number of aromatic amines is 1. The third kappa shape index (κ3) is 1.14. The molecule has 0 unspecified atom stereocenters. The molecule has 0 aromatic carbocycles. The topological polar surface area (TPSA) is 54.7 Å². The fraction of sp³-hybridized carbons (Fsp3) is 0.667. The van der Waals surface area contributed by atoms with Crippen molar-refractivity contribution >= 4 is 0 Å². The van der Waals surface area contributed by atoms with Crippen molar-refractivity contribution in [2.45, 2.75) is 38.6 Å². The standard InChI is InChI=1S/C9H15N3/c1-6-8(5-10)12-9(11-6)7-3-2-4-7/h7H,2-5,10H2,1H3,(H,11,12). The van der Waals surface area contributed by atoms with Crippen molar-refractivity contribution in [2.75, 3.05) is 0 Å². The molecule has 0 saturated heterocycles. The fourth-order valence-electron chi connectivity index (χ4n) is 1.60. The van der Waals surface area contributed by atoms with Gasteiger partial charge in [-0.1, -0.05) is 6.42 Å². The van der Waals surface area contributed by atoms with Crippen molar-refractivity contribution in [3.05, 3.63) is 17.2 Å². The van der Waals surface area contributed by atoms with Crippen molar-refractivity contribution in [1.82, 2.24) is 9.97 Å². The van der Waals surface area contributed by atoms with Crippen molar-refractivity contribution < 1.29 is 0 Å². The Morgan fingerprint density at radius 2 is 2.33 bits per heavy atom. The number of rotatable bonds is 2. The number of aryl methyl sites for hydroxylation is 1. The minimum atomic E-state index is 0.551. The van der Waals surface area contributed by atoms with Crippen LogP contribution < -0.4 is 5.73 Å². The molecule has 1 saturated carbocycles. The Morgan fingerprint density at radius 3 is 2.75 bits per heavy atom. The van der Waals surface area contributed by atoms with Crippen LogP contribution in [-0.4, -0.2) is 9.97 Å². The molecule has 3 N–H and O–H groups in total. The molecule has 3 nitrogen and oxygen atoms in total. The summed E-state index contributed by atoms with van der Waals surface area (Å²) in [5, 5.41) is 0. The molecule has 0 radical (unpaired) electrons. The number of H-pyrrole nitrogens is 1. The molecule has 0 amide bonds. The van der Waals surface area contributed by atoms with Crippen LogP contribution in [0, 0.1) is 6.92 Å². The van der Waals surface area contributed by atoms with E-state index in [2.05, 4.69) is 9.97 Å². The number of aromatic nitrogens is 2. The zero-order valence-corrected chi connectivity index (χ0v) is 7.43. The van der Waals surface area contributed by atoms with Crippen molar-refractivity contribution in [3.63, 3.8) is 0 Å². The second-order valence-electron chi connectivity index (χ2n) is 3.53. The molecule has 66 valence electrons. The summed E-state index contributed by atoms with van der Waals surface area (Å²) >= 11 is 0. The summed E-state index contributed by atoms with van der Waals surface area (Å²) in [5.41, 5.74) is 7.70. The third-order valence-corrected chi connectivity index (χ3v) is 2.69. The first-order valence-electron chi connectivity index (χ1n) is 4.56. The molecule has 1 aromatic rings. The Hall–Kier alpha value is -0.830. The lowest BCUT2D eigenvalue weighted by molar-refractivity contribution is 0.403. The van der Waals surface area contributed by atoms with Gasteiger partial charge in [-0.3, -0.25) is 0 Å². The van der Waals surface area contributed by atoms with Gasteiger partial charge in [0.1, 0.15) is 5.82 Å². The van der Waals surface area contributed by atoms with E-state index >= 15 is 0 Å². The van der Waals surface area contributed by atoms with Gasteiger partial charge < -0.3 is 10.7 Å². The van der Waals surface area contributed by atoms with Gasteiger partial charge in [0.2, 0.25) is 0 Å². The molecule has 0 atom stereocenters. The minimum absolute atomic E-state index is 0.551. The summed E-state index contributed by atoms with van der Waals surface area (Å²) in [6, 6.07) is 0. The first-order chi connectivity index (χ1) is 5.81. The predicted molar refractivity (Wildman–Crippen MR) is 47.8 cm³/mol. The summed E-state index contributed by atoms with van der Waals surface area (Å²) in [6.45, 7) is 2.59. The molecule has 3 heteroatoms. The van der Waals surface area contributed by atoms with Gasteiger partial charge in [-0.25, -0.2) is 4.98 Å². The number of nitrogens with two attached hydrogens (primary N) is 1. The zero-order chi connectivity index (χ0) is 8.55. The summed E-state index contributed by atoms with van der Waals surface area (Å²) in [5.74, 6) is 1.84. The van der Waals surface area contributed by atoms with Crippen molar-refractivity contribution in [1.29, 1.82) is 0 Å². The van der Waals surface area contributed by atoms with Gasteiger partial charge in [0.25, 0.3) is 0 Å². The maximum Gasteiger partial charge on any atom is 0.109 e. The maximum absolute atomic E-state index is 5.54. The Labute approximate surface area is 72.4 Å². The molecule has 0 spiro atoms. The lowest BCUT2D eigenvalue weighted by Gasteiger charge is -2.22. The molecule has 1 aliphatic carbocycles. The van der Waals surface area contributed by atoms with E-state index in [1.807, 2.05) is 6.92 Å². The number of hydrogen-bond donors (Lipinski definition) is 2. The van der Waals surface area contributed by atoms with Crippen LogP contribution in [-0.2, 0) is 6.54 Å². The van der Waals surface area contributed by atoms with E-state index < -0.39 is 0 Å². The summed E-state index contributed by atoms with van der Waals surface area (Å²) < 4.78 is 0. The molecule has 12 heavy (non-hydrogen) atoms. The highest BCUT2D eigenvalue weighted by Crippen LogP contribution is 2.34. The molecule has 0 aliphatic heterocycles. The van der Waals surface area contributed by atoms with E-state index in [-0.39, 0.29) is 0 Å². The molecule has 2 rings (SSSR count). The van der Waals surface area contributed by atoms with Crippen LogP contribution in [0.4, 0.5) is 0 Å². The Morgan fingerprint density at radius 1 is 1.58 bits per heavy atom. The van der Waals surface area contributed by atoms with Crippen LogP contribution in [0.15, 0.2) is 0 Å². The average molecular weight is 165 g/mol. The SMILES string of the molecule is Cc1[nH]c(C2CCC2)nc1CN. The van der Waals surface area contributed by atoms with Crippen LogP contribution in [0.2, 0.25) is 0 Å². The monoisotopic (exact) mass is 165 g/mol. The quantitative estimate of drug-likeness (QED) is 0.696. The second-order valence-corrected chi connectivity index (χ2v) is 3.53. The highest BCUT2D eigenvalue weighted by atomic mass is 15.0. The van der Waals surface area contributed by atoms with E-state index in [0.717, 1.165) is 17.2 Å². The number of hydrogen-bond acceptors (Lipinski definition) is 2. The number of imidazole rings is 1. The lowest BCUT2D eigenvalue weighted by atomic mass is 9.85. The van der Waals surface area contributed by atoms with E-state index in [4.69, 9.17) is 5.73 Å².